The number of furan rings is 1. The highest BCUT2D eigenvalue weighted by Gasteiger charge is 2.07. The van der Waals surface area contributed by atoms with Crippen molar-refractivity contribution < 1.29 is 18.7 Å². The maximum atomic E-state index is 12.4. The van der Waals surface area contributed by atoms with E-state index in [4.69, 9.17) is 5.11 Å². The molecule has 0 spiro atoms. The quantitative estimate of drug-likeness (QED) is 0.674. The van der Waals surface area contributed by atoms with Crippen molar-refractivity contribution in [3.05, 3.63) is 23.9 Å². The second kappa shape index (κ2) is 2.51. The van der Waals surface area contributed by atoms with Gasteiger partial charge in [-0.25, -0.2) is 4.39 Å². The summed E-state index contributed by atoms with van der Waals surface area (Å²) in [5, 5.41) is 8.20. The molecule has 1 aromatic rings. The average molecular weight is 144 g/mol. The van der Waals surface area contributed by atoms with Crippen LogP contribution in [-0.2, 0) is 11.2 Å². The molecule has 0 saturated carbocycles. The second-order valence-electron chi connectivity index (χ2n) is 1.82. The molecule has 0 atom stereocenters. The molecule has 0 saturated heterocycles. The number of carboxylic acids is 1. The molecule has 0 aromatic carbocycles. The molecule has 1 N–H and O–H groups in total. The molecule has 54 valence electrons. The number of rotatable bonds is 2. The lowest BCUT2D eigenvalue weighted by molar-refractivity contribution is -0.136. The lowest BCUT2D eigenvalue weighted by Gasteiger charge is -1.86. The minimum atomic E-state index is -1.07. The predicted molar refractivity (Wildman–Crippen MR) is 30.0 cm³/mol. The fraction of sp³-hybridized carbons (Fsp3) is 0.167. The number of halogens is 1. The van der Waals surface area contributed by atoms with Gasteiger partial charge in [0.25, 0.3) is 0 Å². The SMILES string of the molecule is O=C(O)Cc1cocc1F. The average Bonchev–Trinajstić information content (AvgIpc) is 2.15. The molecule has 0 fully saturated rings. The van der Waals surface area contributed by atoms with Gasteiger partial charge in [-0.1, -0.05) is 0 Å². The van der Waals surface area contributed by atoms with Gasteiger partial charge < -0.3 is 9.52 Å². The highest BCUT2D eigenvalue weighted by Crippen LogP contribution is 2.07. The Hall–Kier alpha value is -1.32. The number of aliphatic carboxylic acids is 1. The molecule has 0 unspecified atom stereocenters. The zero-order valence-corrected chi connectivity index (χ0v) is 5.00. The Kier molecular flexibility index (Phi) is 1.71. The third-order valence-corrected chi connectivity index (χ3v) is 1.03. The number of carbonyl (C=O) groups is 1. The molecule has 0 radical (unpaired) electrons. The van der Waals surface area contributed by atoms with Crippen LogP contribution in [0.2, 0.25) is 0 Å². The number of hydrogen-bond donors (Lipinski definition) is 1. The van der Waals surface area contributed by atoms with Crippen LogP contribution < -0.4 is 0 Å². The van der Waals surface area contributed by atoms with Crippen LogP contribution in [0, 0.1) is 5.82 Å². The predicted octanol–water partition coefficient (Wildman–Crippen LogP) is 1.05. The molecular weight excluding hydrogens is 139 g/mol. The first-order valence-corrected chi connectivity index (χ1v) is 2.62. The van der Waals surface area contributed by atoms with Gasteiger partial charge in [0.05, 0.1) is 12.7 Å². The number of hydrogen-bond acceptors (Lipinski definition) is 2. The highest BCUT2D eigenvalue weighted by molar-refractivity contribution is 5.69. The normalized spacial score (nSPS) is 9.70. The molecular formula is C6H5FO3. The monoisotopic (exact) mass is 144 g/mol. The van der Waals surface area contributed by atoms with Crippen LogP contribution in [0.15, 0.2) is 16.9 Å². The summed E-state index contributed by atoms with van der Waals surface area (Å²) >= 11 is 0. The maximum Gasteiger partial charge on any atom is 0.308 e. The van der Waals surface area contributed by atoms with Crippen molar-refractivity contribution in [1.29, 1.82) is 0 Å². The van der Waals surface area contributed by atoms with E-state index in [1.54, 1.807) is 0 Å². The van der Waals surface area contributed by atoms with Gasteiger partial charge in [-0.3, -0.25) is 4.79 Å². The fourth-order valence-electron chi connectivity index (χ4n) is 0.597. The summed E-state index contributed by atoms with van der Waals surface area (Å²) in [6.45, 7) is 0. The third kappa shape index (κ3) is 1.34. The largest absolute Gasteiger partial charge is 0.481 e. The van der Waals surface area contributed by atoms with E-state index in [0.717, 1.165) is 12.5 Å². The molecule has 1 aromatic heterocycles. The standard InChI is InChI=1S/C6H5FO3/c7-5-3-10-2-4(5)1-6(8)9/h2-3H,1H2,(H,8,9). The van der Waals surface area contributed by atoms with Crippen LogP contribution in [0.5, 0.6) is 0 Å². The minimum absolute atomic E-state index is 0.0764. The van der Waals surface area contributed by atoms with Gasteiger partial charge in [-0.2, -0.15) is 0 Å². The zero-order chi connectivity index (χ0) is 7.56. The van der Waals surface area contributed by atoms with Crippen LogP contribution in [-0.4, -0.2) is 11.1 Å². The summed E-state index contributed by atoms with van der Waals surface area (Å²) in [5.41, 5.74) is 0.0764. The summed E-state index contributed by atoms with van der Waals surface area (Å²) in [4.78, 5) is 10.0. The topological polar surface area (TPSA) is 50.4 Å². The fourth-order valence-corrected chi connectivity index (χ4v) is 0.597. The van der Waals surface area contributed by atoms with Crippen molar-refractivity contribution in [2.45, 2.75) is 6.42 Å². The maximum absolute atomic E-state index is 12.4. The van der Waals surface area contributed by atoms with E-state index in [2.05, 4.69) is 4.42 Å². The summed E-state index contributed by atoms with van der Waals surface area (Å²) in [7, 11) is 0. The molecule has 4 heteroatoms. The van der Waals surface area contributed by atoms with Crippen LogP contribution in [0.3, 0.4) is 0 Å². The first-order valence-electron chi connectivity index (χ1n) is 2.62. The third-order valence-electron chi connectivity index (χ3n) is 1.03. The minimum Gasteiger partial charge on any atom is -0.481 e. The van der Waals surface area contributed by atoms with E-state index in [1.807, 2.05) is 0 Å². The Bertz CT molecular complexity index is 241. The van der Waals surface area contributed by atoms with Gasteiger partial charge in [0, 0.05) is 5.56 Å². The van der Waals surface area contributed by atoms with Crippen LogP contribution in [0.4, 0.5) is 4.39 Å². The van der Waals surface area contributed by atoms with Crippen LogP contribution in [0.25, 0.3) is 0 Å². The zero-order valence-electron chi connectivity index (χ0n) is 5.00. The molecule has 1 heterocycles. The molecule has 0 amide bonds. The van der Waals surface area contributed by atoms with E-state index in [0.29, 0.717) is 0 Å². The van der Waals surface area contributed by atoms with Crippen molar-refractivity contribution in [3.8, 4) is 0 Å². The smallest absolute Gasteiger partial charge is 0.308 e. The first-order chi connectivity index (χ1) is 4.70. The van der Waals surface area contributed by atoms with Crippen molar-refractivity contribution in [2.75, 3.05) is 0 Å². The van der Waals surface area contributed by atoms with E-state index in [1.165, 1.54) is 0 Å². The van der Waals surface area contributed by atoms with E-state index in [9.17, 15) is 9.18 Å². The van der Waals surface area contributed by atoms with Gasteiger partial charge in [0.15, 0.2) is 5.82 Å². The summed E-state index contributed by atoms with van der Waals surface area (Å²) in [6.07, 6.45) is 1.63. The summed E-state index contributed by atoms with van der Waals surface area (Å²) in [5.74, 6) is -1.68. The van der Waals surface area contributed by atoms with Gasteiger partial charge in [-0.05, 0) is 0 Å². The van der Waals surface area contributed by atoms with Crippen molar-refractivity contribution in [2.24, 2.45) is 0 Å². The summed E-state index contributed by atoms with van der Waals surface area (Å²) in [6, 6.07) is 0. The molecule has 0 aliphatic heterocycles. The molecule has 3 nitrogen and oxygen atoms in total. The molecule has 0 bridgehead atoms. The first kappa shape index (κ1) is 6.80. The Balaban J connectivity index is 2.74. The molecule has 0 aliphatic carbocycles. The van der Waals surface area contributed by atoms with E-state index in [-0.39, 0.29) is 12.0 Å². The summed E-state index contributed by atoms with van der Waals surface area (Å²) < 4.78 is 16.8. The molecule has 10 heavy (non-hydrogen) atoms. The molecule has 0 aliphatic rings. The number of carboxylic acid groups (broad SMARTS) is 1. The van der Waals surface area contributed by atoms with Crippen molar-refractivity contribution in [3.63, 3.8) is 0 Å². The lowest BCUT2D eigenvalue weighted by atomic mass is 10.2. The highest BCUT2D eigenvalue weighted by atomic mass is 19.1. The van der Waals surface area contributed by atoms with Gasteiger partial charge in [-0.15, -0.1) is 0 Å². The van der Waals surface area contributed by atoms with Gasteiger partial charge >= 0.3 is 5.97 Å². The van der Waals surface area contributed by atoms with Gasteiger partial charge in [0.2, 0.25) is 0 Å². The van der Waals surface area contributed by atoms with Crippen LogP contribution >= 0.6 is 0 Å². The Labute approximate surface area is 56.1 Å². The van der Waals surface area contributed by atoms with E-state index < -0.39 is 11.8 Å². The van der Waals surface area contributed by atoms with E-state index >= 15 is 0 Å². The molecule has 1 rings (SSSR count). The van der Waals surface area contributed by atoms with Crippen LogP contribution in [0.1, 0.15) is 5.56 Å². The van der Waals surface area contributed by atoms with Crippen molar-refractivity contribution >= 4 is 5.97 Å². The van der Waals surface area contributed by atoms with Gasteiger partial charge in [0.1, 0.15) is 6.26 Å². The lowest BCUT2D eigenvalue weighted by Crippen LogP contribution is -1.99. The second-order valence-corrected chi connectivity index (χ2v) is 1.82. The Morgan fingerprint density at radius 3 is 2.80 bits per heavy atom. The van der Waals surface area contributed by atoms with Crippen molar-refractivity contribution in [1.82, 2.24) is 0 Å². The Morgan fingerprint density at radius 2 is 2.40 bits per heavy atom. The Morgan fingerprint density at radius 1 is 1.70 bits per heavy atom.